The molecule has 0 bridgehead atoms. The van der Waals surface area contributed by atoms with Crippen molar-refractivity contribution in [1.29, 1.82) is 0 Å². The van der Waals surface area contributed by atoms with Gasteiger partial charge in [0.2, 0.25) is 0 Å². The monoisotopic (exact) mass is 792 g/mol. The van der Waals surface area contributed by atoms with E-state index in [1.807, 2.05) is 62.4 Å². The lowest BCUT2D eigenvalue weighted by molar-refractivity contribution is -0.122. The Morgan fingerprint density at radius 2 is 1.43 bits per heavy atom. The maximum Gasteiger partial charge on any atom is 0.335 e. The van der Waals surface area contributed by atoms with Gasteiger partial charge in [0.05, 0.1) is 35.0 Å². The zero-order valence-electron chi connectivity index (χ0n) is 27.1. The Balaban J connectivity index is 1.32. The highest BCUT2D eigenvalue weighted by Gasteiger charge is 2.37. The lowest BCUT2D eigenvalue weighted by atomic mass is 10.1. The van der Waals surface area contributed by atoms with Crippen LogP contribution < -0.4 is 33.9 Å². The number of halogens is 2. The maximum atomic E-state index is 13.6. The number of nitrogens with one attached hydrogen (secondary N) is 1. The van der Waals surface area contributed by atoms with Crippen LogP contribution in [0.3, 0.4) is 0 Å². The van der Waals surface area contributed by atoms with Gasteiger partial charge in [-0.1, -0.05) is 43.3 Å². The number of benzene rings is 4. The minimum atomic E-state index is -0.870. The zero-order valence-corrected chi connectivity index (χ0v) is 30.3. The van der Waals surface area contributed by atoms with Crippen molar-refractivity contribution in [2.75, 3.05) is 25.2 Å². The molecular formula is C37H34Br2N2O8. The molecule has 0 aliphatic carbocycles. The Labute approximate surface area is 301 Å². The molecule has 0 aromatic heterocycles. The van der Waals surface area contributed by atoms with E-state index in [1.165, 1.54) is 19.3 Å². The summed E-state index contributed by atoms with van der Waals surface area (Å²) in [5.74, 6) is 0.982. The molecule has 254 valence electrons. The van der Waals surface area contributed by atoms with Crippen LogP contribution in [-0.2, 0) is 22.8 Å². The molecule has 0 atom stereocenters. The van der Waals surface area contributed by atoms with Gasteiger partial charge < -0.3 is 23.7 Å². The van der Waals surface area contributed by atoms with E-state index in [1.54, 1.807) is 24.3 Å². The van der Waals surface area contributed by atoms with Gasteiger partial charge in [-0.15, -0.1) is 0 Å². The van der Waals surface area contributed by atoms with Gasteiger partial charge in [0, 0.05) is 6.07 Å². The number of methoxy groups -OCH3 is 1. The fourth-order valence-corrected chi connectivity index (χ4v) is 6.36. The van der Waals surface area contributed by atoms with Gasteiger partial charge in [-0.3, -0.25) is 14.9 Å². The molecule has 1 fully saturated rings. The first kappa shape index (κ1) is 35.5. The number of hydrogen-bond donors (Lipinski definition) is 1. The number of imide groups is 2. The molecule has 1 aliphatic heterocycles. The van der Waals surface area contributed by atoms with Gasteiger partial charge in [0.15, 0.2) is 23.0 Å². The van der Waals surface area contributed by atoms with Gasteiger partial charge in [-0.2, -0.15) is 0 Å². The Hall–Kier alpha value is -4.81. The normalized spacial score (nSPS) is 13.7. The minimum Gasteiger partial charge on any atom is -0.493 e. The third kappa shape index (κ3) is 8.62. The second kappa shape index (κ2) is 16.5. The molecule has 1 saturated heterocycles. The first-order valence-electron chi connectivity index (χ1n) is 15.5. The summed E-state index contributed by atoms with van der Waals surface area (Å²) in [4.78, 5) is 40.1. The highest BCUT2D eigenvalue weighted by Crippen LogP contribution is 2.38. The second-order valence-corrected chi connectivity index (χ2v) is 12.4. The first-order chi connectivity index (χ1) is 23.7. The Morgan fingerprint density at radius 3 is 2.12 bits per heavy atom. The van der Waals surface area contributed by atoms with Crippen LogP contribution in [0.1, 0.15) is 37.0 Å². The number of urea groups is 1. The SMILES string of the molecule is CCCOc1ccc(N2C(=O)NC(=O)/C(=C/c3cc(Br)c(OCc4ccc(OCc5ccccc5)c(OCC)c4)c(Br)c3)C2=O)cc1OC. The fourth-order valence-electron chi connectivity index (χ4n) is 4.91. The molecule has 0 unspecified atom stereocenters. The second-order valence-electron chi connectivity index (χ2n) is 10.7. The molecule has 0 saturated carbocycles. The summed E-state index contributed by atoms with van der Waals surface area (Å²) in [6, 6.07) is 22.8. The van der Waals surface area contributed by atoms with E-state index >= 15 is 0 Å². The highest BCUT2D eigenvalue weighted by molar-refractivity contribution is 9.11. The van der Waals surface area contributed by atoms with Gasteiger partial charge >= 0.3 is 6.03 Å². The summed E-state index contributed by atoms with van der Waals surface area (Å²) in [7, 11) is 1.46. The minimum absolute atomic E-state index is 0.219. The lowest BCUT2D eigenvalue weighted by Gasteiger charge is -2.27. The maximum absolute atomic E-state index is 13.6. The van der Waals surface area contributed by atoms with E-state index in [0.29, 0.717) is 63.1 Å². The molecule has 0 spiro atoms. The summed E-state index contributed by atoms with van der Waals surface area (Å²) in [5, 5.41) is 2.25. The molecule has 1 aliphatic rings. The number of anilines is 1. The number of barbiturate groups is 1. The van der Waals surface area contributed by atoms with E-state index in [9.17, 15) is 14.4 Å². The van der Waals surface area contributed by atoms with Crippen molar-refractivity contribution in [2.45, 2.75) is 33.5 Å². The van der Waals surface area contributed by atoms with Crippen molar-refractivity contribution in [3.63, 3.8) is 0 Å². The average molecular weight is 794 g/mol. The number of nitrogens with zero attached hydrogens (tertiary/aromatic N) is 1. The van der Waals surface area contributed by atoms with Gasteiger partial charge in [0.25, 0.3) is 11.8 Å². The molecular weight excluding hydrogens is 760 g/mol. The highest BCUT2D eigenvalue weighted by atomic mass is 79.9. The quantitative estimate of drug-likeness (QED) is 0.100. The van der Waals surface area contributed by atoms with Crippen molar-refractivity contribution in [3.05, 3.63) is 110 Å². The molecule has 0 radical (unpaired) electrons. The van der Waals surface area contributed by atoms with E-state index < -0.39 is 17.8 Å². The Morgan fingerprint density at radius 1 is 0.735 bits per heavy atom. The number of carbonyl (C=O) groups is 3. The molecule has 49 heavy (non-hydrogen) atoms. The molecule has 1 N–H and O–H groups in total. The fraction of sp³-hybridized carbons (Fsp3) is 0.216. The van der Waals surface area contributed by atoms with Crippen molar-refractivity contribution in [2.24, 2.45) is 0 Å². The van der Waals surface area contributed by atoms with Crippen molar-refractivity contribution in [3.8, 4) is 28.7 Å². The molecule has 12 heteroatoms. The van der Waals surface area contributed by atoms with Crippen LogP contribution in [0, 0.1) is 0 Å². The van der Waals surface area contributed by atoms with E-state index in [4.69, 9.17) is 23.7 Å². The summed E-state index contributed by atoms with van der Waals surface area (Å²) in [5.41, 5.74) is 2.41. The van der Waals surface area contributed by atoms with E-state index in [-0.39, 0.29) is 17.9 Å². The van der Waals surface area contributed by atoms with E-state index in [0.717, 1.165) is 22.4 Å². The smallest absolute Gasteiger partial charge is 0.335 e. The van der Waals surface area contributed by atoms with Crippen LogP contribution in [-0.4, -0.2) is 38.2 Å². The van der Waals surface area contributed by atoms with Gasteiger partial charge in [-0.05, 0) is 104 Å². The summed E-state index contributed by atoms with van der Waals surface area (Å²) < 4.78 is 30.3. The van der Waals surface area contributed by atoms with Crippen molar-refractivity contribution < 1.29 is 38.1 Å². The summed E-state index contributed by atoms with van der Waals surface area (Å²) >= 11 is 7.11. The predicted molar refractivity (Wildman–Crippen MR) is 192 cm³/mol. The molecule has 10 nitrogen and oxygen atoms in total. The average Bonchev–Trinajstić information content (AvgIpc) is 3.09. The Bertz CT molecular complexity index is 1860. The van der Waals surface area contributed by atoms with Gasteiger partial charge in [0.1, 0.15) is 24.5 Å². The summed E-state index contributed by atoms with van der Waals surface area (Å²) in [6.45, 7) is 5.47. The predicted octanol–water partition coefficient (Wildman–Crippen LogP) is 8.23. The van der Waals surface area contributed by atoms with Crippen LogP contribution in [0.5, 0.6) is 28.7 Å². The number of carbonyl (C=O) groups excluding carboxylic acids is 3. The number of amides is 4. The summed E-state index contributed by atoms with van der Waals surface area (Å²) in [6.07, 6.45) is 2.21. The van der Waals surface area contributed by atoms with Crippen molar-refractivity contribution >= 4 is 61.5 Å². The van der Waals surface area contributed by atoms with Crippen LogP contribution in [0.2, 0.25) is 0 Å². The molecule has 4 aromatic rings. The molecule has 1 heterocycles. The Kier molecular flexibility index (Phi) is 12.0. The number of ether oxygens (including phenoxy) is 5. The third-order valence-electron chi connectivity index (χ3n) is 7.23. The largest absolute Gasteiger partial charge is 0.493 e. The molecule has 4 amide bonds. The van der Waals surface area contributed by atoms with Crippen LogP contribution >= 0.6 is 31.9 Å². The van der Waals surface area contributed by atoms with Crippen LogP contribution in [0.4, 0.5) is 10.5 Å². The van der Waals surface area contributed by atoms with Crippen LogP contribution in [0.15, 0.2) is 93.4 Å². The van der Waals surface area contributed by atoms with E-state index in [2.05, 4.69) is 37.2 Å². The first-order valence-corrected chi connectivity index (χ1v) is 17.1. The lowest BCUT2D eigenvalue weighted by Crippen LogP contribution is -2.54. The molecule has 5 rings (SSSR count). The zero-order chi connectivity index (χ0) is 34.9. The topological polar surface area (TPSA) is 113 Å². The van der Waals surface area contributed by atoms with Crippen molar-refractivity contribution in [1.82, 2.24) is 5.32 Å². The third-order valence-corrected chi connectivity index (χ3v) is 8.41. The van der Waals surface area contributed by atoms with Crippen LogP contribution in [0.25, 0.3) is 6.08 Å². The van der Waals surface area contributed by atoms with Gasteiger partial charge in [-0.25, -0.2) is 9.69 Å². The standard InChI is InChI=1S/C37H34Br2N2O8/c1-4-15-47-30-14-12-26(20-32(30)45-3)41-36(43)27(35(42)40-37(41)44)16-25-17-28(38)34(29(39)18-25)49-22-24-11-13-31(33(19-24)46-5-2)48-21-23-9-7-6-8-10-23/h6-14,16-20H,4-5,15,21-22H2,1-3H3,(H,40,42,44)/b27-16-. The number of hydrogen-bond acceptors (Lipinski definition) is 8. The number of rotatable bonds is 14. The molecule has 4 aromatic carbocycles.